The Hall–Kier alpha value is -0.640. The third-order valence-corrected chi connectivity index (χ3v) is 4.71. The Bertz CT molecular complexity index is 416. The number of carbonyl (C=O) groups excluding carboxylic acids is 1. The molecule has 0 bridgehead atoms. The predicted molar refractivity (Wildman–Crippen MR) is 80.0 cm³/mol. The first kappa shape index (κ1) is 20.4. The van der Waals surface area contributed by atoms with Crippen LogP contribution in [0.5, 0.6) is 0 Å². The van der Waals surface area contributed by atoms with Crippen molar-refractivity contribution in [3.05, 3.63) is 0 Å². The van der Waals surface area contributed by atoms with Crippen molar-refractivity contribution >= 4 is 31.2 Å². The predicted octanol–water partition coefficient (Wildman–Crippen LogP) is -1.47. The fraction of sp³-hybridized carbons (Fsp3) is 0.800. The van der Waals surface area contributed by atoms with Crippen LogP contribution in [0.1, 0.15) is 13.3 Å². The lowest BCUT2D eigenvalue weighted by Crippen LogP contribution is -2.58. The highest BCUT2D eigenvalue weighted by atomic mass is 32.2. The molecule has 0 radical (unpaired) electrons. The molecule has 11 heteroatoms. The summed E-state index contributed by atoms with van der Waals surface area (Å²) in [5.41, 5.74) is 9.07. The number of thioether (sulfide) groups is 1. The van der Waals surface area contributed by atoms with Gasteiger partial charge in [-0.3, -0.25) is 14.2 Å². The Balaban J connectivity index is 5.11. The third-order valence-electron chi connectivity index (χ3n) is 2.80. The summed E-state index contributed by atoms with van der Waals surface area (Å²) < 4.78 is 11.3. The number of carbonyl (C=O) groups is 2. The zero-order valence-electron chi connectivity index (χ0n) is 11.8. The summed E-state index contributed by atoms with van der Waals surface area (Å²) in [5.74, 6) is -1.80. The second kappa shape index (κ2) is 8.72. The fourth-order valence-electron chi connectivity index (χ4n) is 1.65. The summed E-state index contributed by atoms with van der Waals surface area (Å²) in [5, 5.41) is 11.2. The lowest BCUT2D eigenvalue weighted by Gasteiger charge is -2.29. The van der Waals surface area contributed by atoms with Gasteiger partial charge in [0.25, 0.3) is 0 Å². The number of amides is 1. The van der Waals surface area contributed by atoms with E-state index in [0.717, 1.165) is 0 Å². The van der Waals surface area contributed by atoms with Gasteiger partial charge in [0.05, 0.1) is 12.1 Å². The van der Waals surface area contributed by atoms with E-state index in [1.54, 1.807) is 0 Å². The average Bonchev–Trinajstić information content (AvgIpc) is 2.32. The molecule has 0 aromatic heterocycles. The zero-order valence-corrected chi connectivity index (χ0v) is 13.5. The van der Waals surface area contributed by atoms with Crippen LogP contribution in [0.4, 0.5) is 0 Å². The maximum absolute atomic E-state index is 11.9. The number of aliphatic carboxylic acids is 1. The molecule has 0 saturated carbocycles. The van der Waals surface area contributed by atoms with Crippen molar-refractivity contribution in [3.8, 4) is 0 Å². The molecule has 3 unspecified atom stereocenters. The first-order valence-electron chi connectivity index (χ1n) is 6.10. The molecule has 0 fully saturated rings. The quantitative estimate of drug-likeness (QED) is 0.273. The molecule has 0 aliphatic rings. The average molecular weight is 343 g/mol. The highest BCUT2D eigenvalue weighted by Crippen LogP contribution is 2.43. The maximum Gasteiger partial charge on any atom is 0.341 e. The summed E-state index contributed by atoms with van der Waals surface area (Å²) in [6, 6.07) is -3.29. The highest BCUT2D eigenvalue weighted by Gasteiger charge is 2.45. The van der Waals surface area contributed by atoms with Gasteiger partial charge in [-0.2, -0.15) is 11.8 Å². The normalized spacial score (nSPS) is 17.6. The van der Waals surface area contributed by atoms with Gasteiger partial charge in [0.1, 0.15) is 0 Å². The number of carboxylic acid groups (broad SMARTS) is 1. The summed E-state index contributed by atoms with van der Waals surface area (Å²) in [6.45, 7) is 1.35. The van der Waals surface area contributed by atoms with E-state index in [0.29, 0.717) is 12.2 Å². The molecule has 1 amide bonds. The van der Waals surface area contributed by atoms with Crippen LogP contribution in [-0.2, 0) is 14.2 Å². The minimum absolute atomic E-state index is 0.353. The first-order chi connectivity index (χ1) is 9.52. The van der Waals surface area contributed by atoms with Gasteiger partial charge >= 0.3 is 13.6 Å². The molecule has 0 aromatic carbocycles. The summed E-state index contributed by atoms with van der Waals surface area (Å²) >= 11 is 1.48. The molecule has 21 heavy (non-hydrogen) atoms. The van der Waals surface area contributed by atoms with Gasteiger partial charge < -0.3 is 31.7 Å². The molecule has 0 aromatic rings. The van der Waals surface area contributed by atoms with Crippen LogP contribution < -0.4 is 16.8 Å². The molecular formula is C10H22N3O6PS. The fourth-order valence-corrected chi connectivity index (χ4v) is 3.19. The Kier molecular flexibility index (Phi) is 8.45. The highest BCUT2D eigenvalue weighted by molar-refractivity contribution is 7.98. The van der Waals surface area contributed by atoms with E-state index in [4.69, 9.17) is 26.4 Å². The van der Waals surface area contributed by atoms with Gasteiger partial charge in [0.15, 0.2) is 5.66 Å². The number of hydrogen-bond acceptors (Lipinski definition) is 6. The SMILES string of the molecule is CSCC[C@H](N)C(=O)NC(C(C)N)C(C(=O)O)P(=O)(O)O. The lowest BCUT2D eigenvalue weighted by molar-refractivity contribution is -0.137. The molecule has 8 N–H and O–H groups in total. The van der Waals surface area contributed by atoms with E-state index in [2.05, 4.69) is 5.32 Å². The number of hydrogen-bond donors (Lipinski definition) is 6. The molecule has 0 saturated heterocycles. The lowest BCUT2D eigenvalue weighted by atomic mass is 10.1. The molecule has 0 spiro atoms. The molecule has 0 aliphatic heterocycles. The van der Waals surface area contributed by atoms with Gasteiger partial charge in [-0.05, 0) is 25.4 Å². The van der Waals surface area contributed by atoms with Crippen molar-refractivity contribution in [1.29, 1.82) is 0 Å². The van der Waals surface area contributed by atoms with E-state index in [1.165, 1.54) is 18.7 Å². The number of nitrogens with one attached hydrogen (secondary N) is 1. The molecular weight excluding hydrogens is 321 g/mol. The van der Waals surface area contributed by atoms with Crippen molar-refractivity contribution in [2.45, 2.75) is 37.1 Å². The van der Waals surface area contributed by atoms with Gasteiger partial charge in [-0.15, -0.1) is 0 Å². The second-order valence-corrected chi connectivity index (χ2v) is 7.37. The van der Waals surface area contributed by atoms with Crippen molar-refractivity contribution in [2.75, 3.05) is 12.0 Å². The minimum atomic E-state index is -4.99. The monoisotopic (exact) mass is 343 g/mol. The third kappa shape index (κ3) is 6.77. The van der Waals surface area contributed by atoms with Crippen LogP contribution in [0.15, 0.2) is 0 Å². The van der Waals surface area contributed by atoms with Gasteiger partial charge in [0.2, 0.25) is 5.91 Å². The van der Waals surface area contributed by atoms with Crippen LogP contribution in [0, 0.1) is 0 Å². The van der Waals surface area contributed by atoms with Crippen LogP contribution in [0.2, 0.25) is 0 Å². The van der Waals surface area contributed by atoms with Crippen LogP contribution >= 0.6 is 19.4 Å². The Morgan fingerprint density at radius 2 is 1.86 bits per heavy atom. The molecule has 0 aliphatic carbocycles. The molecule has 124 valence electrons. The summed E-state index contributed by atoms with van der Waals surface area (Å²) in [6.07, 6.45) is 2.19. The first-order valence-corrected chi connectivity index (χ1v) is 9.18. The summed E-state index contributed by atoms with van der Waals surface area (Å²) in [4.78, 5) is 41.3. The van der Waals surface area contributed by atoms with Gasteiger partial charge in [0, 0.05) is 6.04 Å². The van der Waals surface area contributed by atoms with Crippen LogP contribution in [0.25, 0.3) is 0 Å². The van der Waals surface area contributed by atoms with E-state index >= 15 is 0 Å². The van der Waals surface area contributed by atoms with E-state index in [9.17, 15) is 14.2 Å². The van der Waals surface area contributed by atoms with Crippen LogP contribution in [0.3, 0.4) is 0 Å². The molecule has 9 nitrogen and oxygen atoms in total. The van der Waals surface area contributed by atoms with E-state index < -0.39 is 43.3 Å². The second-order valence-electron chi connectivity index (χ2n) is 4.65. The molecule has 0 rings (SSSR count). The Labute approximate surface area is 127 Å². The minimum Gasteiger partial charge on any atom is -0.480 e. The number of nitrogens with two attached hydrogens (primary N) is 2. The van der Waals surface area contributed by atoms with Gasteiger partial charge in [-0.1, -0.05) is 0 Å². The topological polar surface area (TPSA) is 176 Å². The smallest absolute Gasteiger partial charge is 0.341 e. The zero-order chi connectivity index (χ0) is 16.8. The van der Waals surface area contributed by atoms with Crippen LogP contribution in [-0.4, -0.2) is 62.6 Å². The molecule has 0 heterocycles. The van der Waals surface area contributed by atoms with Crippen molar-refractivity contribution in [1.82, 2.24) is 5.32 Å². The number of rotatable bonds is 9. The van der Waals surface area contributed by atoms with Crippen molar-refractivity contribution < 1.29 is 29.0 Å². The van der Waals surface area contributed by atoms with Crippen molar-refractivity contribution in [3.63, 3.8) is 0 Å². The van der Waals surface area contributed by atoms with Crippen molar-refractivity contribution in [2.24, 2.45) is 11.5 Å². The standard InChI is InChI=1S/C10H22N3O6PS/c1-5(11)7(8(10(15)16)20(17,18)19)13-9(14)6(12)3-4-21-2/h5-8H,3-4,11-12H2,1-2H3,(H,13,14)(H,15,16)(H2,17,18,19)/t5?,6-,7?,8?/m0/s1. The Morgan fingerprint density at radius 1 is 1.33 bits per heavy atom. The summed E-state index contributed by atoms with van der Waals surface area (Å²) in [7, 11) is -4.99. The molecule has 4 atom stereocenters. The largest absolute Gasteiger partial charge is 0.480 e. The number of carboxylic acids is 1. The maximum atomic E-state index is 11.9. The van der Waals surface area contributed by atoms with E-state index in [-0.39, 0.29) is 0 Å². The van der Waals surface area contributed by atoms with Gasteiger partial charge in [-0.25, -0.2) is 0 Å². The van der Waals surface area contributed by atoms with E-state index in [1.807, 2.05) is 6.26 Å². The Morgan fingerprint density at radius 3 is 2.19 bits per heavy atom.